The average Bonchev–Trinajstić information content (AvgIpc) is 2.30. The summed E-state index contributed by atoms with van der Waals surface area (Å²) in [6.45, 7) is 1.78. The first-order valence-corrected chi connectivity index (χ1v) is 5.01. The lowest BCUT2D eigenvalue weighted by Gasteiger charge is -2.02. The van der Waals surface area contributed by atoms with Gasteiger partial charge in [0.05, 0.1) is 12.0 Å². The highest BCUT2D eigenvalue weighted by atomic mass is 19.1. The van der Waals surface area contributed by atoms with Gasteiger partial charge < -0.3 is 9.15 Å². The largest absolute Gasteiger partial charge is 0.463 e. The standard InChI is InChI=1S/C12H9FO4/c1-2-16-12(15)9-6-17-10-4-3-7(13)5-8(10)11(9)14/h3-6H,2H2,1H3. The lowest BCUT2D eigenvalue weighted by atomic mass is 10.2. The number of hydrogen-bond acceptors (Lipinski definition) is 4. The number of carbonyl (C=O) groups is 1. The molecule has 0 fully saturated rings. The van der Waals surface area contributed by atoms with Crippen LogP contribution in [-0.2, 0) is 4.74 Å². The Morgan fingerprint density at radius 1 is 1.47 bits per heavy atom. The van der Waals surface area contributed by atoms with Crippen molar-refractivity contribution in [2.24, 2.45) is 0 Å². The number of carbonyl (C=O) groups excluding carboxylic acids is 1. The molecule has 1 aromatic heterocycles. The van der Waals surface area contributed by atoms with E-state index >= 15 is 0 Å². The Bertz CT molecular complexity index is 630. The molecule has 0 aliphatic rings. The maximum absolute atomic E-state index is 13.0. The third-order valence-corrected chi connectivity index (χ3v) is 2.23. The summed E-state index contributed by atoms with van der Waals surface area (Å²) >= 11 is 0. The zero-order valence-electron chi connectivity index (χ0n) is 9.03. The minimum atomic E-state index is -0.771. The van der Waals surface area contributed by atoms with Gasteiger partial charge in [0.15, 0.2) is 0 Å². The maximum atomic E-state index is 13.0. The Morgan fingerprint density at radius 2 is 2.24 bits per heavy atom. The molecule has 2 aromatic rings. The second kappa shape index (κ2) is 4.37. The van der Waals surface area contributed by atoms with Crippen LogP contribution in [0.3, 0.4) is 0 Å². The molecule has 0 aliphatic heterocycles. The van der Waals surface area contributed by atoms with Crippen LogP contribution in [-0.4, -0.2) is 12.6 Å². The van der Waals surface area contributed by atoms with E-state index in [2.05, 4.69) is 0 Å². The molecule has 1 heterocycles. The number of ether oxygens (including phenoxy) is 1. The summed E-state index contributed by atoms with van der Waals surface area (Å²) < 4.78 is 22.8. The fraction of sp³-hybridized carbons (Fsp3) is 0.167. The average molecular weight is 236 g/mol. The van der Waals surface area contributed by atoms with Crippen LogP contribution in [0.15, 0.2) is 33.7 Å². The van der Waals surface area contributed by atoms with Crippen molar-refractivity contribution >= 4 is 16.9 Å². The molecule has 0 amide bonds. The summed E-state index contributed by atoms with van der Waals surface area (Å²) in [5, 5.41) is 0.0237. The fourth-order valence-corrected chi connectivity index (χ4v) is 1.45. The van der Waals surface area contributed by atoms with Crippen molar-refractivity contribution in [2.75, 3.05) is 6.61 Å². The van der Waals surface area contributed by atoms with Crippen LogP contribution in [0.5, 0.6) is 0 Å². The summed E-state index contributed by atoms with van der Waals surface area (Å²) in [6.07, 6.45) is 1.03. The zero-order chi connectivity index (χ0) is 12.4. The van der Waals surface area contributed by atoms with Crippen LogP contribution < -0.4 is 5.43 Å². The lowest BCUT2D eigenvalue weighted by molar-refractivity contribution is 0.0522. The Morgan fingerprint density at radius 3 is 2.94 bits per heavy atom. The lowest BCUT2D eigenvalue weighted by Crippen LogP contribution is -2.17. The van der Waals surface area contributed by atoms with Crippen molar-refractivity contribution in [2.45, 2.75) is 6.92 Å². The summed E-state index contributed by atoms with van der Waals surface area (Å²) in [5.74, 6) is -1.33. The summed E-state index contributed by atoms with van der Waals surface area (Å²) in [5.41, 5.74) is -0.599. The smallest absolute Gasteiger partial charge is 0.345 e. The van der Waals surface area contributed by atoms with Gasteiger partial charge in [0.1, 0.15) is 23.2 Å². The van der Waals surface area contributed by atoms with Crippen LogP contribution in [0.2, 0.25) is 0 Å². The van der Waals surface area contributed by atoms with Crippen LogP contribution in [0.25, 0.3) is 11.0 Å². The molecule has 0 saturated heterocycles. The topological polar surface area (TPSA) is 56.5 Å². The fourth-order valence-electron chi connectivity index (χ4n) is 1.45. The molecular weight excluding hydrogens is 227 g/mol. The van der Waals surface area contributed by atoms with Crippen molar-refractivity contribution in [3.63, 3.8) is 0 Å². The highest BCUT2D eigenvalue weighted by Gasteiger charge is 2.15. The molecule has 0 bridgehead atoms. The Labute approximate surface area is 95.6 Å². The molecule has 5 heteroatoms. The van der Waals surface area contributed by atoms with Crippen LogP contribution in [0.4, 0.5) is 4.39 Å². The first-order chi connectivity index (χ1) is 8.13. The van der Waals surface area contributed by atoms with E-state index in [4.69, 9.17) is 9.15 Å². The van der Waals surface area contributed by atoms with E-state index in [1.165, 1.54) is 12.1 Å². The number of halogens is 1. The van der Waals surface area contributed by atoms with Gasteiger partial charge in [-0.2, -0.15) is 0 Å². The number of hydrogen-bond donors (Lipinski definition) is 0. The van der Waals surface area contributed by atoms with Gasteiger partial charge in [0, 0.05) is 0 Å². The zero-order valence-corrected chi connectivity index (χ0v) is 9.03. The minimum Gasteiger partial charge on any atom is -0.463 e. The molecule has 2 rings (SSSR count). The third kappa shape index (κ3) is 2.04. The Hall–Kier alpha value is -2.17. The number of benzene rings is 1. The third-order valence-electron chi connectivity index (χ3n) is 2.23. The predicted molar refractivity (Wildman–Crippen MR) is 58.4 cm³/mol. The van der Waals surface area contributed by atoms with Gasteiger partial charge in [-0.15, -0.1) is 0 Å². The molecule has 88 valence electrons. The molecule has 0 spiro atoms. The van der Waals surface area contributed by atoms with E-state index in [1.54, 1.807) is 6.92 Å². The first kappa shape index (κ1) is 11.3. The second-order valence-corrected chi connectivity index (χ2v) is 3.34. The van der Waals surface area contributed by atoms with Gasteiger partial charge in [-0.3, -0.25) is 4.79 Å². The minimum absolute atomic E-state index is 0.0237. The van der Waals surface area contributed by atoms with E-state index in [1.807, 2.05) is 0 Å². The van der Waals surface area contributed by atoms with Crippen molar-refractivity contribution in [3.8, 4) is 0 Å². The van der Waals surface area contributed by atoms with Crippen LogP contribution in [0, 0.1) is 5.82 Å². The van der Waals surface area contributed by atoms with Crippen molar-refractivity contribution < 1.29 is 18.3 Å². The molecular formula is C12H9FO4. The molecule has 0 N–H and O–H groups in total. The molecule has 0 unspecified atom stereocenters. The van der Waals surface area contributed by atoms with Gasteiger partial charge in [-0.05, 0) is 25.1 Å². The van der Waals surface area contributed by atoms with Crippen molar-refractivity contribution in [3.05, 3.63) is 46.1 Å². The molecule has 0 saturated carbocycles. The van der Waals surface area contributed by atoms with Crippen LogP contribution >= 0.6 is 0 Å². The summed E-state index contributed by atoms with van der Waals surface area (Å²) in [7, 11) is 0. The van der Waals surface area contributed by atoms with Crippen molar-refractivity contribution in [1.29, 1.82) is 0 Å². The molecule has 4 nitrogen and oxygen atoms in total. The Kier molecular flexibility index (Phi) is 2.91. The highest BCUT2D eigenvalue weighted by Crippen LogP contribution is 2.13. The van der Waals surface area contributed by atoms with Gasteiger partial charge >= 0.3 is 5.97 Å². The number of fused-ring (bicyclic) bond motifs is 1. The van der Waals surface area contributed by atoms with Gasteiger partial charge in [0.25, 0.3) is 0 Å². The second-order valence-electron chi connectivity index (χ2n) is 3.34. The number of rotatable bonds is 2. The Balaban J connectivity index is 2.65. The molecule has 0 aliphatic carbocycles. The first-order valence-electron chi connectivity index (χ1n) is 5.01. The molecule has 0 atom stereocenters. The normalized spacial score (nSPS) is 10.5. The van der Waals surface area contributed by atoms with Crippen molar-refractivity contribution in [1.82, 2.24) is 0 Å². The van der Waals surface area contributed by atoms with E-state index in [0.29, 0.717) is 0 Å². The van der Waals surface area contributed by atoms with E-state index < -0.39 is 17.2 Å². The quantitative estimate of drug-likeness (QED) is 0.749. The highest BCUT2D eigenvalue weighted by molar-refractivity contribution is 5.92. The van der Waals surface area contributed by atoms with E-state index in [0.717, 1.165) is 12.3 Å². The van der Waals surface area contributed by atoms with E-state index in [9.17, 15) is 14.0 Å². The molecule has 0 radical (unpaired) electrons. The van der Waals surface area contributed by atoms with Crippen LogP contribution in [0.1, 0.15) is 17.3 Å². The maximum Gasteiger partial charge on any atom is 0.345 e. The summed E-state index contributed by atoms with van der Waals surface area (Å²) in [4.78, 5) is 23.3. The van der Waals surface area contributed by atoms with Gasteiger partial charge in [0.2, 0.25) is 5.43 Å². The molecule has 1 aromatic carbocycles. The SMILES string of the molecule is CCOC(=O)c1coc2ccc(F)cc2c1=O. The number of esters is 1. The monoisotopic (exact) mass is 236 g/mol. The van der Waals surface area contributed by atoms with Gasteiger partial charge in [-0.25, -0.2) is 9.18 Å². The van der Waals surface area contributed by atoms with E-state index in [-0.39, 0.29) is 23.1 Å². The predicted octanol–water partition coefficient (Wildman–Crippen LogP) is 2.11. The summed E-state index contributed by atoms with van der Waals surface area (Å²) in [6, 6.07) is 3.54. The molecule has 17 heavy (non-hydrogen) atoms. The van der Waals surface area contributed by atoms with Gasteiger partial charge in [-0.1, -0.05) is 0 Å².